The lowest BCUT2D eigenvalue weighted by Gasteiger charge is -2.42. The molecule has 2 saturated heterocycles. The molecule has 122 valence electrons. The Kier molecular flexibility index (Phi) is 3.95. The van der Waals surface area contributed by atoms with Gasteiger partial charge in [-0.15, -0.1) is 0 Å². The Labute approximate surface area is 138 Å². The van der Waals surface area contributed by atoms with Crippen LogP contribution in [-0.4, -0.2) is 53.6 Å². The number of methoxy groups -OCH3 is 1. The Morgan fingerprint density at radius 1 is 1.22 bits per heavy atom. The summed E-state index contributed by atoms with van der Waals surface area (Å²) in [6.45, 7) is 6.93. The average molecular weight is 311 g/mol. The third-order valence-electron chi connectivity index (χ3n) is 5.39. The number of aromatic nitrogens is 1. The molecule has 0 saturated carbocycles. The first kappa shape index (κ1) is 14.9. The minimum atomic E-state index is 0.597. The predicted molar refractivity (Wildman–Crippen MR) is 92.8 cm³/mol. The fourth-order valence-electron chi connectivity index (χ4n) is 4.09. The van der Waals surface area contributed by atoms with Gasteiger partial charge < -0.3 is 4.74 Å². The number of hydrogen-bond acceptors (Lipinski definition) is 4. The molecule has 0 spiro atoms. The average Bonchev–Trinajstić information content (AvgIpc) is 3.01. The predicted octanol–water partition coefficient (Wildman–Crippen LogP) is 2.91. The number of piperazine rings is 1. The van der Waals surface area contributed by atoms with Crippen LogP contribution in [0.25, 0.3) is 10.9 Å². The van der Waals surface area contributed by atoms with Gasteiger partial charge in [0.1, 0.15) is 11.3 Å². The molecule has 0 amide bonds. The lowest BCUT2D eigenvalue weighted by Crippen LogP contribution is -2.54. The summed E-state index contributed by atoms with van der Waals surface area (Å²) in [5, 5.41) is 1.14. The number of hydrogen-bond donors (Lipinski definition) is 0. The van der Waals surface area contributed by atoms with Crippen LogP contribution in [0.2, 0.25) is 0 Å². The zero-order valence-electron chi connectivity index (χ0n) is 14.0. The highest BCUT2D eigenvalue weighted by atomic mass is 16.5. The van der Waals surface area contributed by atoms with Crippen LogP contribution in [0.5, 0.6) is 5.75 Å². The Morgan fingerprint density at radius 3 is 3.00 bits per heavy atom. The Morgan fingerprint density at radius 2 is 2.13 bits per heavy atom. The van der Waals surface area contributed by atoms with Crippen molar-refractivity contribution in [2.24, 2.45) is 0 Å². The summed E-state index contributed by atoms with van der Waals surface area (Å²) in [5.74, 6) is 0.859. The van der Waals surface area contributed by atoms with Crippen LogP contribution >= 0.6 is 0 Å². The van der Waals surface area contributed by atoms with Crippen LogP contribution in [0.3, 0.4) is 0 Å². The summed E-state index contributed by atoms with van der Waals surface area (Å²) in [7, 11) is 1.71. The number of benzene rings is 1. The summed E-state index contributed by atoms with van der Waals surface area (Å²) in [4.78, 5) is 10.1. The van der Waals surface area contributed by atoms with Gasteiger partial charge in [0.2, 0.25) is 0 Å². The van der Waals surface area contributed by atoms with Gasteiger partial charge in [0.05, 0.1) is 12.8 Å². The molecule has 0 aliphatic carbocycles. The minimum absolute atomic E-state index is 0.597. The summed E-state index contributed by atoms with van der Waals surface area (Å²) in [6, 6.07) is 11.8. The molecule has 4 rings (SSSR count). The standard InChI is InChI=1S/C19H25N3O/c1-14-11-21-10-4-6-17(21)13-22(14)12-16-9-8-15-5-3-7-18(23-2)19(15)20-16/h3,5,7-9,14,17H,4,6,10-13H2,1-2H3/t14-,17?/m0/s1. The van der Waals surface area contributed by atoms with Gasteiger partial charge in [0, 0.05) is 37.1 Å². The van der Waals surface area contributed by atoms with Gasteiger partial charge in [-0.05, 0) is 38.4 Å². The van der Waals surface area contributed by atoms with Crippen molar-refractivity contribution in [3.05, 3.63) is 36.0 Å². The molecule has 0 radical (unpaired) electrons. The summed E-state index contributed by atoms with van der Waals surface area (Å²) in [6.07, 6.45) is 2.71. The molecule has 2 aliphatic heterocycles. The smallest absolute Gasteiger partial charge is 0.145 e. The number of nitrogens with zero attached hydrogens (tertiary/aromatic N) is 3. The number of pyridine rings is 1. The minimum Gasteiger partial charge on any atom is -0.494 e. The second kappa shape index (κ2) is 6.10. The molecule has 2 fully saturated rings. The molecule has 1 aromatic carbocycles. The monoisotopic (exact) mass is 311 g/mol. The molecular weight excluding hydrogens is 286 g/mol. The molecular formula is C19H25N3O. The summed E-state index contributed by atoms with van der Waals surface area (Å²) < 4.78 is 5.47. The fourth-order valence-corrected chi connectivity index (χ4v) is 4.09. The van der Waals surface area contributed by atoms with E-state index in [1.54, 1.807) is 7.11 Å². The van der Waals surface area contributed by atoms with E-state index in [9.17, 15) is 0 Å². The third-order valence-corrected chi connectivity index (χ3v) is 5.39. The van der Waals surface area contributed by atoms with Crippen molar-refractivity contribution < 1.29 is 4.74 Å². The van der Waals surface area contributed by atoms with E-state index in [4.69, 9.17) is 9.72 Å². The second-order valence-corrected chi connectivity index (χ2v) is 6.90. The van der Waals surface area contributed by atoms with Crippen molar-refractivity contribution >= 4 is 10.9 Å². The molecule has 1 aromatic heterocycles. The molecule has 2 aromatic rings. The van der Waals surface area contributed by atoms with Gasteiger partial charge in [0.15, 0.2) is 0 Å². The molecule has 0 bridgehead atoms. The molecule has 2 aliphatic rings. The van der Waals surface area contributed by atoms with E-state index in [2.05, 4.69) is 34.9 Å². The van der Waals surface area contributed by atoms with Crippen molar-refractivity contribution in [1.82, 2.24) is 14.8 Å². The second-order valence-electron chi connectivity index (χ2n) is 6.90. The van der Waals surface area contributed by atoms with Gasteiger partial charge in [-0.2, -0.15) is 0 Å². The normalized spacial score (nSPS) is 25.7. The zero-order chi connectivity index (χ0) is 15.8. The van der Waals surface area contributed by atoms with Gasteiger partial charge in [-0.25, -0.2) is 4.98 Å². The van der Waals surface area contributed by atoms with Crippen LogP contribution in [0.4, 0.5) is 0 Å². The lowest BCUT2D eigenvalue weighted by molar-refractivity contribution is 0.0532. The van der Waals surface area contributed by atoms with Crippen LogP contribution in [-0.2, 0) is 6.54 Å². The number of para-hydroxylation sites is 1. The maximum absolute atomic E-state index is 5.47. The largest absolute Gasteiger partial charge is 0.494 e. The third kappa shape index (κ3) is 2.81. The lowest BCUT2D eigenvalue weighted by atomic mass is 10.1. The number of fused-ring (bicyclic) bond motifs is 2. The topological polar surface area (TPSA) is 28.6 Å². The van der Waals surface area contributed by atoms with Crippen LogP contribution in [0.1, 0.15) is 25.5 Å². The van der Waals surface area contributed by atoms with E-state index >= 15 is 0 Å². The SMILES string of the molecule is COc1cccc2ccc(CN3CC4CCCN4C[C@@H]3C)nc12. The first-order valence-corrected chi connectivity index (χ1v) is 8.65. The van der Waals surface area contributed by atoms with E-state index in [0.717, 1.165) is 34.9 Å². The molecule has 3 heterocycles. The first-order valence-electron chi connectivity index (χ1n) is 8.65. The van der Waals surface area contributed by atoms with Gasteiger partial charge >= 0.3 is 0 Å². The van der Waals surface area contributed by atoms with Crippen LogP contribution < -0.4 is 4.74 Å². The molecule has 0 N–H and O–H groups in total. The molecule has 2 atom stereocenters. The molecule has 4 heteroatoms. The molecule has 23 heavy (non-hydrogen) atoms. The fraction of sp³-hybridized carbons (Fsp3) is 0.526. The Bertz CT molecular complexity index is 702. The van der Waals surface area contributed by atoms with E-state index in [1.807, 2.05) is 12.1 Å². The maximum atomic E-state index is 5.47. The van der Waals surface area contributed by atoms with Crippen LogP contribution in [0.15, 0.2) is 30.3 Å². The zero-order valence-corrected chi connectivity index (χ0v) is 14.0. The quantitative estimate of drug-likeness (QED) is 0.871. The Balaban J connectivity index is 1.57. The van der Waals surface area contributed by atoms with E-state index < -0.39 is 0 Å². The summed E-state index contributed by atoms with van der Waals surface area (Å²) >= 11 is 0. The van der Waals surface area contributed by atoms with Gasteiger partial charge in [-0.3, -0.25) is 9.80 Å². The van der Waals surface area contributed by atoms with Gasteiger partial charge in [-0.1, -0.05) is 18.2 Å². The van der Waals surface area contributed by atoms with Crippen molar-refractivity contribution in [1.29, 1.82) is 0 Å². The van der Waals surface area contributed by atoms with E-state index in [1.165, 1.54) is 32.5 Å². The highest BCUT2D eigenvalue weighted by molar-refractivity contribution is 5.84. The molecule has 4 nitrogen and oxygen atoms in total. The van der Waals surface area contributed by atoms with Gasteiger partial charge in [0.25, 0.3) is 0 Å². The summed E-state index contributed by atoms with van der Waals surface area (Å²) in [5.41, 5.74) is 2.11. The van der Waals surface area contributed by atoms with Crippen molar-refractivity contribution in [3.63, 3.8) is 0 Å². The Hall–Kier alpha value is -1.65. The van der Waals surface area contributed by atoms with E-state index in [-0.39, 0.29) is 0 Å². The van der Waals surface area contributed by atoms with Crippen molar-refractivity contribution in [3.8, 4) is 5.75 Å². The van der Waals surface area contributed by atoms with E-state index in [0.29, 0.717) is 6.04 Å². The highest BCUT2D eigenvalue weighted by Crippen LogP contribution is 2.27. The number of rotatable bonds is 3. The molecule has 1 unspecified atom stereocenters. The highest BCUT2D eigenvalue weighted by Gasteiger charge is 2.34. The first-order chi connectivity index (χ1) is 11.2. The van der Waals surface area contributed by atoms with Crippen LogP contribution in [0, 0.1) is 0 Å². The number of ether oxygens (including phenoxy) is 1. The van der Waals surface area contributed by atoms with Crippen molar-refractivity contribution in [2.45, 2.75) is 38.4 Å². The van der Waals surface area contributed by atoms with Crippen molar-refractivity contribution in [2.75, 3.05) is 26.7 Å². The maximum Gasteiger partial charge on any atom is 0.145 e.